The highest BCUT2D eigenvalue weighted by Crippen LogP contribution is 2.35. The number of nitrogens with zero attached hydrogens (tertiary/aromatic N) is 2. The van der Waals surface area contributed by atoms with Gasteiger partial charge in [-0.3, -0.25) is 5.10 Å². The monoisotopic (exact) mass is 252 g/mol. The Labute approximate surface area is 109 Å². The molecule has 0 aliphatic heterocycles. The van der Waals surface area contributed by atoms with E-state index < -0.39 is 0 Å². The molecule has 1 heterocycles. The molecule has 1 aromatic heterocycles. The van der Waals surface area contributed by atoms with Gasteiger partial charge in [0.1, 0.15) is 11.9 Å². The molecule has 2 rings (SSSR count). The molecule has 1 fully saturated rings. The third-order valence-electron chi connectivity index (χ3n) is 3.75. The topological polar surface area (TPSA) is 76.8 Å². The highest BCUT2D eigenvalue weighted by atomic mass is 16.5. The highest BCUT2D eigenvalue weighted by Gasteiger charge is 2.27. The first-order chi connectivity index (χ1) is 8.85. The van der Waals surface area contributed by atoms with Crippen LogP contribution in [0.2, 0.25) is 0 Å². The summed E-state index contributed by atoms with van der Waals surface area (Å²) in [5, 5.41) is 7.31. The first kappa shape index (κ1) is 13.5. The lowest BCUT2D eigenvalue weighted by atomic mass is 9.85. The Kier molecular flexibility index (Phi) is 5.13. The molecule has 1 aliphatic carbocycles. The van der Waals surface area contributed by atoms with Crippen molar-refractivity contribution in [1.29, 1.82) is 0 Å². The van der Waals surface area contributed by atoms with Crippen LogP contribution in [-0.4, -0.2) is 28.8 Å². The van der Waals surface area contributed by atoms with Crippen molar-refractivity contribution in [1.82, 2.24) is 15.2 Å². The van der Waals surface area contributed by atoms with E-state index in [1.807, 2.05) is 0 Å². The molecule has 0 amide bonds. The first-order valence-electron chi connectivity index (χ1n) is 6.99. The lowest BCUT2D eigenvalue weighted by Crippen LogP contribution is -2.19. The maximum absolute atomic E-state index is 5.62. The molecule has 1 unspecified atom stereocenters. The summed E-state index contributed by atoms with van der Waals surface area (Å²) in [6.45, 7) is 0.687. The van der Waals surface area contributed by atoms with Crippen LogP contribution >= 0.6 is 0 Å². The van der Waals surface area contributed by atoms with Crippen LogP contribution in [0.15, 0.2) is 0 Å². The summed E-state index contributed by atoms with van der Waals surface area (Å²) in [6, 6.07) is 0. The maximum atomic E-state index is 5.62. The molecule has 1 aromatic rings. The second-order valence-corrected chi connectivity index (χ2v) is 5.09. The van der Waals surface area contributed by atoms with Crippen LogP contribution in [0.3, 0.4) is 0 Å². The smallest absolute Gasteiger partial charge is 0.179 e. The van der Waals surface area contributed by atoms with E-state index in [1.54, 1.807) is 7.11 Å². The van der Waals surface area contributed by atoms with E-state index in [-0.39, 0.29) is 6.10 Å². The van der Waals surface area contributed by atoms with Crippen LogP contribution in [-0.2, 0) is 11.2 Å². The number of nitrogens with two attached hydrogens (primary N) is 1. The molecule has 1 aliphatic rings. The summed E-state index contributed by atoms with van der Waals surface area (Å²) in [7, 11) is 1.76. The van der Waals surface area contributed by atoms with Crippen LogP contribution in [0.4, 0.5) is 0 Å². The van der Waals surface area contributed by atoms with Crippen LogP contribution in [0, 0.1) is 5.92 Å². The number of hydrogen-bond acceptors (Lipinski definition) is 4. The van der Waals surface area contributed by atoms with E-state index in [4.69, 9.17) is 10.5 Å². The third kappa shape index (κ3) is 3.29. The number of H-pyrrole nitrogens is 1. The van der Waals surface area contributed by atoms with Crippen LogP contribution < -0.4 is 5.73 Å². The van der Waals surface area contributed by atoms with E-state index in [2.05, 4.69) is 15.2 Å². The fourth-order valence-corrected chi connectivity index (χ4v) is 2.76. The summed E-state index contributed by atoms with van der Waals surface area (Å²) in [5.74, 6) is 2.31. The van der Waals surface area contributed by atoms with Gasteiger partial charge in [0.15, 0.2) is 5.82 Å². The van der Waals surface area contributed by atoms with Gasteiger partial charge in [-0.1, -0.05) is 19.3 Å². The fraction of sp³-hybridized carbons (Fsp3) is 0.846. The van der Waals surface area contributed by atoms with Crippen molar-refractivity contribution >= 4 is 0 Å². The normalized spacial score (nSPS) is 19.0. The van der Waals surface area contributed by atoms with Gasteiger partial charge < -0.3 is 10.5 Å². The van der Waals surface area contributed by atoms with Gasteiger partial charge in [-0.05, 0) is 31.7 Å². The molecule has 5 nitrogen and oxygen atoms in total. The average Bonchev–Trinajstić information content (AvgIpc) is 2.87. The molecule has 18 heavy (non-hydrogen) atoms. The second-order valence-electron chi connectivity index (χ2n) is 5.09. The number of aromatic amines is 1. The zero-order chi connectivity index (χ0) is 12.8. The Morgan fingerprint density at radius 2 is 2.17 bits per heavy atom. The van der Waals surface area contributed by atoms with Gasteiger partial charge in [0.2, 0.25) is 0 Å². The van der Waals surface area contributed by atoms with Crippen LogP contribution in [0.1, 0.15) is 56.3 Å². The van der Waals surface area contributed by atoms with Gasteiger partial charge in [0, 0.05) is 13.5 Å². The summed E-state index contributed by atoms with van der Waals surface area (Å²) >= 11 is 0. The van der Waals surface area contributed by atoms with Crippen molar-refractivity contribution in [2.24, 2.45) is 11.7 Å². The molecule has 102 valence electrons. The predicted molar refractivity (Wildman–Crippen MR) is 70.1 cm³/mol. The molecule has 0 saturated heterocycles. The van der Waals surface area contributed by atoms with Crippen molar-refractivity contribution in [3.8, 4) is 0 Å². The van der Waals surface area contributed by atoms with E-state index in [0.29, 0.717) is 12.5 Å². The summed E-state index contributed by atoms with van der Waals surface area (Å²) in [6.07, 6.45) is 8.26. The first-order valence-corrected chi connectivity index (χ1v) is 6.99. The van der Waals surface area contributed by atoms with Gasteiger partial charge in [-0.15, -0.1) is 0 Å². The number of rotatable bonds is 6. The number of aromatic nitrogens is 3. The number of ether oxygens (including phenoxy) is 1. The number of hydrogen-bond donors (Lipinski definition) is 2. The van der Waals surface area contributed by atoms with E-state index in [9.17, 15) is 0 Å². The Bertz CT molecular complexity index is 347. The second kappa shape index (κ2) is 6.85. The third-order valence-corrected chi connectivity index (χ3v) is 3.75. The lowest BCUT2D eigenvalue weighted by molar-refractivity contribution is 0.0291. The maximum Gasteiger partial charge on any atom is 0.179 e. The van der Waals surface area contributed by atoms with Gasteiger partial charge in [-0.25, -0.2) is 4.98 Å². The van der Waals surface area contributed by atoms with Crippen molar-refractivity contribution in [2.45, 2.75) is 51.0 Å². The minimum Gasteiger partial charge on any atom is -0.373 e. The molecule has 3 N–H and O–H groups in total. The van der Waals surface area contributed by atoms with Gasteiger partial charge in [-0.2, -0.15) is 5.10 Å². The van der Waals surface area contributed by atoms with Crippen molar-refractivity contribution in [2.75, 3.05) is 13.7 Å². The van der Waals surface area contributed by atoms with Crippen molar-refractivity contribution in [3.05, 3.63) is 11.6 Å². The van der Waals surface area contributed by atoms with Gasteiger partial charge in [0.25, 0.3) is 0 Å². The van der Waals surface area contributed by atoms with Crippen LogP contribution in [0.25, 0.3) is 0 Å². The molecule has 1 atom stereocenters. The van der Waals surface area contributed by atoms with Gasteiger partial charge in [0.05, 0.1) is 0 Å². The molecular formula is C13H24N4O. The molecule has 5 heteroatoms. The largest absolute Gasteiger partial charge is 0.373 e. The lowest BCUT2D eigenvalue weighted by Gasteiger charge is -2.27. The average molecular weight is 252 g/mol. The quantitative estimate of drug-likeness (QED) is 0.811. The zero-order valence-electron chi connectivity index (χ0n) is 11.2. The molecule has 0 aromatic carbocycles. The standard InChI is InChI=1S/C13H24N4O/c1-18-12(10-6-3-2-4-7-10)13-15-11(16-17-13)8-5-9-14/h10,12H,2-9,14H2,1H3,(H,15,16,17). The molecule has 0 radical (unpaired) electrons. The predicted octanol–water partition coefficient (Wildman–Crippen LogP) is 1.96. The zero-order valence-corrected chi connectivity index (χ0v) is 11.2. The molecule has 1 saturated carbocycles. The Morgan fingerprint density at radius 3 is 2.83 bits per heavy atom. The van der Waals surface area contributed by atoms with E-state index in [0.717, 1.165) is 24.5 Å². The molecule has 0 spiro atoms. The van der Waals surface area contributed by atoms with Crippen molar-refractivity contribution in [3.63, 3.8) is 0 Å². The molecule has 0 bridgehead atoms. The van der Waals surface area contributed by atoms with E-state index >= 15 is 0 Å². The van der Waals surface area contributed by atoms with Gasteiger partial charge >= 0.3 is 0 Å². The Balaban J connectivity index is 1.99. The number of nitrogens with one attached hydrogen (secondary N) is 1. The minimum atomic E-state index is 0.0492. The highest BCUT2D eigenvalue weighted by molar-refractivity contribution is 4.97. The fourth-order valence-electron chi connectivity index (χ4n) is 2.76. The minimum absolute atomic E-state index is 0.0492. The summed E-state index contributed by atoms with van der Waals surface area (Å²) < 4.78 is 5.62. The number of methoxy groups -OCH3 is 1. The Hall–Kier alpha value is -0.940. The summed E-state index contributed by atoms with van der Waals surface area (Å²) in [4.78, 5) is 4.55. The number of aryl methyl sites for hydroxylation is 1. The SMILES string of the molecule is COC(c1n[nH]c(CCCN)n1)C1CCCCC1. The Morgan fingerprint density at radius 1 is 1.39 bits per heavy atom. The van der Waals surface area contributed by atoms with Crippen molar-refractivity contribution < 1.29 is 4.74 Å². The molecular weight excluding hydrogens is 228 g/mol. The van der Waals surface area contributed by atoms with E-state index in [1.165, 1.54) is 32.1 Å². The summed E-state index contributed by atoms with van der Waals surface area (Å²) in [5.41, 5.74) is 5.50. The van der Waals surface area contributed by atoms with Crippen LogP contribution in [0.5, 0.6) is 0 Å².